The minimum absolute atomic E-state index is 0.891. The number of benzene rings is 2. The third-order valence-electron chi connectivity index (χ3n) is 4.56. The maximum atomic E-state index is 2.45. The molecule has 0 spiro atoms. The first-order valence-corrected chi connectivity index (χ1v) is 12.9. The number of hydrogen-bond donors (Lipinski definition) is 0. The highest BCUT2D eigenvalue weighted by atomic mass is 28.3. The fourth-order valence-corrected chi connectivity index (χ4v) is 4.40. The number of nitrogens with zero attached hydrogens (tertiary/aromatic N) is 2. The van der Waals surface area contributed by atoms with Crippen LogP contribution in [0.5, 0.6) is 0 Å². The quantitative estimate of drug-likeness (QED) is 0.300. The lowest BCUT2D eigenvalue weighted by atomic mass is 10.1. The van der Waals surface area contributed by atoms with Gasteiger partial charge in [0.15, 0.2) is 0 Å². The van der Waals surface area contributed by atoms with Gasteiger partial charge >= 0.3 is 0 Å². The summed E-state index contributed by atoms with van der Waals surface area (Å²) < 4.78 is 4.50. The summed E-state index contributed by atoms with van der Waals surface area (Å²) >= 11 is 0. The van der Waals surface area contributed by atoms with Gasteiger partial charge < -0.3 is 0 Å². The van der Waals surface area contributed by atoms with Crippen LogP contribution in [0.2, 0.25) is 25.7 Å². The van der Waals surface area contributed by atoms with E-state index in [0.717, 1.165) is 6.54 Å². The summed E-state index contributed by atoms with van der Waals surface area (Å²) in [6, 6.07) is 20.7. The largest absolute Gasteiger partial charge is 0.248 e. The van der Waals surface area contributed by atoms with E-state index in [1.165, 1.54) is 35.7 Å². The average Bonchev–Trinajstić information content (AvgIpc) is 3.08. The van der Waals surface area contributed by atoms with Gasteiger partial charge in [0.2, 0.25) is 6.33 Å². The van der Waals surface area contributed by atoms with Gasteiger partial charge in [-0.1, -0.05) is 74.6 Å². The normalized spacial score (nSPS) is 11.6. The van der Waals surface area contributed by atoms with Crippen molar-refractivity contribution in [3.8, 4) is 16.8 Å². The Kier molecular flexibility index (Phi) is 5.54. The van der Waals surface area contributed by atoms with Crippen molar-refractivity contribution < 1.29 is 4.57 Å². The summed E-state index contributed by atoms with van der Waals surface area (Å²) in [5.41, 5.74) is 3.73. The summed E-state index contributed by atoms with van der Waals surface area (Å²) in [5.74, 6) is 0. The predicted octanol–water partition coefficient (Wildman–Crippen LogP) is 5.55. The van der Waals surface area contributed by atoms with Crippen molar-refractivity contribution in [1.29, 1.82) is 0 Å². The lowest BCUT2D eigenvalue weighted by Gasteiger charge is -2.14. The minimum Gasteiger partial charge on any atom is -0.236 e. The highest BCUT2D eigenvalue weighted by molar-refractivity contribution is 6.76. The fourth-order valence-electron chi connectivity index (χ4n) is 3.09. The monoisotopic (exact) mass is 349 g/mol. The molecule has 0 aliphatic rings. The van der Waals surface area contributed by atoms with E-state index in [2.05, 4.69) is 102 Å². The van der Waals surface area contributed by atoms with Crippen LogP contribution in [0.3, 0.4) is 0 Å². The molecule has 0 amide bonds. The van der Waals surface area contributed by atoms with Crippen molar-refractivity contribution in [2.75, 3.05) is 0 Å². The molecule has 0 radical (unpaired) electrons. The van der Waals surface area contributed by atoms with E-state index in [4.69, 9.17) is 0 Å². The number of aryl methyl sites for hydroxylation is 1. The van der Waals surface area contributed by atoms with E-state index in [0.29, 0.717) is 0 Å². The second-order valence-corrected chi connectivity index (χ2v) is 13.6. The molecule has 0 unspecified atom stereocenters. The molecular weight excluding hydrogens is 320 g/mol. The Morgan fingerprint density at radius 3 is 2.20 bits per heavy atom. The topological polar surface area (TPSA) is 8.81 Å². The number of rotatable bonds is 7. The number of unbranched alkanes of at least 4 members (excludes halogenated alkanes) is 1. The van der Waals surface area contributed by atoms with Crippen molar-refractivity contribution in [3.05, 3.63) is 73.3 Å². The van der Waals surface area contributed by atoms with E-state index >= 15 is 0 Å². The molecule has 0 bridgehead atoms. The predicted molar refractivity (Wildman–Crippen MR) is 109 cm³/mol. The maximum absolute atomic E-state index is 2.45. The highest BCUT2D eigenvalue weighted by Gasteiger charge is 2.12. The second kappa shape index (κ2) is 7.83. The maximum Gasteiger partial charge on any atom is 0.248 e. The van der Waals surface area contributed by atoms with Gasteiger partial charge in [0.05, 0.1) is 6.54 Å². The molecule has 3 heteroatoms. The third kappa shape index (κ3) is 5.17. The minimum atomic E-state index is -0.891. The smallest absolute Gasteiger partial charge is 0.236 e. The van der Waals surface area contributed by atoms with Crippen LogP contribution >= 0.6 is 0 Å². The van der Waals surface area contributed by atoms with Crippen molar-refractivity contribution in [2.24, 2.45) is 0 Å². The van der Waals surface area contributed by atoms with Crippen LogP contribution < -0.4 is 4.57 Å². The van der Waals surface area contributed by atoms with Gasteiger partial charge in [-0.3, -0.25) is 0 Å². The van der Waals surface area contributed by atoms with Crippen molar-refractivity contribution >= 4 is 8.07 Å². The standard InChI is InChI=1S/C22H29N2Si/c1-25(2,3)18-8-7-15-23-16-17-24(19-23)22-13-11-21(12-14-22)20-9-5-4-6-10-20/h4-6,9-14,16-17,19H,7-8,15,18H2,1-3H3/q+1. The molecule has 2 aromatic carbocycles. The zero-order chi connectivity index (χ0) is 17.7. The zero-order valence-corrected chi connectivity index (χ0v) is 16.7. The Morgan fingerprint density at radius 1 is 0.840 bits per heavy atom. The van der Waals surface area contributed by atoms with Gasteiger partial charge in [0.1, 0.15) is 18.1 Å². The molecular formula is C22H29N2Si+. The van der Waals surface area contributed by atoms with Crippen LogP contribution in [0.25, 0.3) is 16.8 Å². The van der Waals surface area contributed by atoms with Crippen molar-refractivity contribution in [2.45, 2.75) is 45.1 Å². The van der Waals surface area contributed by atoms with Crippen LogP contribution in [0.4, 0.5) is 0 Å². The molecule has 1 aromatic heterocycles. The second-order valence-electron chi connectivity index (χ2n) is 7.99. The van der Waals surface area contributed by atoms with Crippen LogP contribution in [-0.2, 0) is 6.54 Å². The van der Waals surface area contributed by atoms with Crippen LogP contribution in [0.15, 0.2) is 73.3 Å². The summed E-state index contributed by atoms with van der Waals surface area (Å²) in [6.07, 6.45) is 9.15. The van der Waals surface area contributed by atoms with E-state index in [1.807, 2.05) is 0 Å². The highest BCUT2D eigenvalue weighted by Crippen LogP contribution is 2.20. The Bertz CT molecular complexity index is 783. The lowest BCUT2D eigenvalue weighted by molar-refractivity contribution is -0.696. The van der Waals surface area contributed by atoms with Gasteiger partial charge in [-0.2, -0.15) is 0 Å². The molecule has 0 aliphatic carbocycles. The molecule has 3 rings (SSSR count). The van der Waals surface area contributed by atoms with Crippen molar-refractivity contribution in [1.82, 2.24) is 4.57 Å². The van der Waals surface area contributed by atoms with E-state index in [1.54, 1.807) is 0 Å². The average molecular weight is 350 g/mol. The van der Waals surface area contributed by atoms with Crippen LogP contribution in [0.1, 0.15) is 12.8 Å². The molecule has 0 saturated carbocycles. The van der Waals surface area contributed by atoms with E-state index in [9.17, 15) is 0 Å². The van der Waals surface area contributed by atoms with Gasteiger partial charge in [0, 0.05) is 8.07 Å². The zero-order valence-electron chi connectivity index (χ0n) is 15.7. The van der Waals surface area contributed by atoms with Gasteiger partial charge in [-0.05, 0) is 29.7 Å². The van der Waals surface area contributed by atoms with E-state index in [-0.39, 0.29) is 0 Å². The molecule has 1 heterocycles. The number of hydrogen-bond acceptors (Lipinski definition) is 0. The molecule has 0 fully saturated rings. The van der Waals surface area contributed by atoms with Crippen molar-refractivity contribution in [3.63, 3.8) is 0 Å². The summed E-state index contributed by atoms with van der Waals surface area (Å²) in [4.78, 5) is 0. The summed E-state index contributed by atoms with van der Waals surface area (Å²) in [7, 11) is -0.891. The van der Waals surface area contributed by atoms with Gasteiger partial charge in [-0.15, -0.1) is 0 Å². The van der Waals surface area contributed by atoms with Gasteiger partial charge in [0.25, 0.3) is 0 Å². The number of imidazole rings is 1. The molecule has 0 saturated heterocycles. The Hall–Kier alpha value is -2.13. The molecule has 25 heavy (non-hydrogen) atoms. The van der Waals surface area contributed by atoms with Gasteiger partial charge in [-0.25, -0.2) is 9.13 Å². The number of aromatic nitrogens is 2. The molecule has 2 nitrogen and oxygen atoms in total. The molecule has 0 N–H and O–H groups in total. The molecule has 0 aliphatic heterocycles. The Morgan fingerprint density at radius 2 is 1.52 bits per heavy atom. The molecule has 0 atom stereocenters. The summed E-state index contributed by atoms with van der Waals surface area (Å²) in [6.45, 7) is 8.47. The Balaban J connectivity index is 1.60. The fraction of sp³-hybridized carbons (Fsp3) is 0.318. The Labute approximate surface area is 152 Å². The van der Waals surface area contributed by atoms with Crippen LogP contribution in [-0.4, -0.2) is 12.6 Å². The molecule has 130 valence electrons. The first kappa shape index (κ1) is 17.7. The summed E-state index contributed by atoms with van der Waals surface area (Å²) in [5, 5.41) is 0. The van der Waals surface area contributed by atoms with Crippen LogP contribution in [0, 0.1) is 0 Å². The first-order chi connectivity index (χ1) is 12.0. The SMILES string of the molecule is C[Si](C)(C)CCCC[n+]1ccn(-c2ccc(-c3ccccc3)cc2)c1. The third-order valence-corrected chi connectivity index (χ3v) is 6.41. The molecule has 3 aromatic rings. The first-order valence-electron chi connectivity index (χ1n) is 9.24. The lowest BCUT2D eigenvalue weighted by Crippen LogP contribution is -2.31. The van der Waals surface area contributed by atoms with E-state index < -0.39 is 8.07 Å².